The minimum Gasteiger partial charge on any atom is -0.358 e. The smallest absolute Gasteiger partial charge is 0.264 e. The van der Waals surface area contributed by atoms with Crippen molar-refractivity contribution in [3.8, 4) is 0 Å². The molecule has 1 unspecified atom stereocenters. The van der Waals surface area contributed by atoms with Gasteiger partial charge in [-0.25, -0.2) is 0 Å². The molecule has 0 radical (unpaired) electrons. The Kier molecular flexibility index (Phi) is 3.51. The van der Waals surface area contributed by atoms with Crippen LogP contribution in [0.1, 0.15) is 29.2 Å². The number of aryl methyl sites for hydroxylation is 1. The Morgan fingerprint density at radius 2 is 2.17 bits per heavy atom. The van der Waals surface area contributed by atoms with Crippen molar-refractivity contribution in [2.24, 2.45) is 5.92 Å². The first-order valence-electron chi connectivity index (χ1n) is 8.10. The van der Waals surface area contributed by atoms with Crippen molar-refractivity contribution < 1.29 is 12.6 Å². The standard InChI is InChI=1S/C17H22N2O3S/c1-10-13-7-16-14(12-4-3-5-15(19-10)17(12)13)6-11(8-18-16)9-22-23(2,20)21/h3-5,11,14,16,18-19H,6-9H2,1-2H3/t11-,14?,16-/m1/s1. The number of benzene rings is 1. The quantitative estimate of drug-likeness (QED) is 0.843. The molecule has 2 heterocycles. The van der Waals surface area contributed by atoms with Crippen LogP contribution < -0.4 is 5.32 Å². The number of H-pyrrole nitrogens is 1. The number of hydrogen-bond acceptors (Lipinski definition) is 4. The van der Waals surface area contributed by atoms with E-state index in [4.69, 9.17) is 4.18 Å². The molecule has 0 spiro atoms. The number of rotatable bonds is 3. The summed E-state index contributed by atoms with van der Waals surface area (Å²) >= 11 is 0. The third-order valence-electron chi connectivity index (χ3n) is 5.26. The normalized spacial score (nSPS) is 27.1. The summed E-state index contributed by atoms with van der Waals surface area (Å²) in [7, 11) is -3.37. The lowest BCUT2D eigenvalue weighted by Gasteiger charge is -2.40. The van der Waals surface area contributed by atoms with Crippen LogP contribution in [0, 0.1) is 12.8 Å². The van der Waals surface area contributed by atoms with Gasteiger partial charge in [0.1, 0.15) is 0 Å². The van der Waals surface area contributed by atoms with E-state index in [1.165, 1.54) is 27.7 Å². The van der Waals surface area contributed by atoms with E-state index in [2.05, 4.69) is 35.4 Å². The van der Waals surface area contributed by atoms with Crippen LogP contribution in [-0.4, -0.2) is 38.9 Å². The number of piperidine rings is 1. The van der Waals surface area contributed by atoms with E-state index in [-0.39, 0.29) is 12.5 Å². The maximum atomic E-state index is 11.2. The zero-order valence-electron chi connectivity index (χ0n) is 13.4. The molecule has 1 aromatic carbocycles. The first-order valence-corrected chi connectivity index (χ1v) is 9.92. The predicted octanol–water partition coefficient (Wildman–Crippen LogP) is 2.07. The highest BCUT2D eigenvalue weighted by Crippen LogP contribution is 2.42. The maximum absolute atomic E-state index is 11.2. The fraction of sp³-hybridized carbons (Fsp3) is 0.529. The van der Waals surface area contributed by atoms with Crippen LogP contribution in [0.5, 0.6) is 0 Å². The Bertz CT molecular complexity index is 856. The molecule has 124 valence electrons. The second-order valence-electron chi connectivity index (χ2n) is 6.91. The van der Waals surface area contributed by atoms with Gasteiger partial charge in [-0.2, -0.15) is 8.42 Å². The Morgan fingerprint density at radius 1 is 1.35 bits per heavy atom. The fourth-order valence-corrected chi connectivity index (χ4v) is 4.67. The lowest BCUT2D eigenvalue weighted by Crippen LogP contribution is -2.48. The second kappa shape index (κ2) is 5.33. The lowest BCUT2D eigenvalue weighted by molar-refractivity contribution is 0.188. The molecule has 1 aliphatic carbocycles. The summed E-state index contributed by atoms with van der Waals surface area (Å²) in [6, 6.07) is 6.89. The minimum atomic E-state index is -3.37. The van der Waals surface area contributed by atoms with Crippen LogP contribution in [0.2, 0.25) is 0 Å². The van der Waals surface area contributed by atoms with Gasteiger partial charge < -0.3 is 10.3 Å². The third-order valence-corrected chi connectivity index (χ3v) is 5.82. The number of fused-ring (bicyclic) bond motifs is 2. The van der Waals surface area contributed by atoms with Gasteiger partial charge in [0.15, 0.2) is 0 Å². The second-order valence-corrected chi connectivity index (χ2v) is 8.56. The Morgan fingerprint density at radius 3 is 2.96 bits per heavy atom. The van der Waals surface area contributed by atoms with E-state index in [1.807, 2.05) is 0 Å². The molecule has 1 aliphatic heterocycles. The molecule has 0 amide bonds. The van der Waals surface area contributed by atoms with Gasteiger partial charge in [0.25, 0.3) is 10.1 Å². The molecule has 2 N–H and O–H groups in total. The monoisotopic (exact) mass is 334 g/mol. The van der Waals surface area contributed by atoms with Gasteiger partial charge in [-0.15, -0.1) is 0 Å². The average Bonchev–Trinajstić information content (AvgIpc) is 2.82. The van der Waals surface area contributed by atoms with Gasteiger partial charge in [-0.1, -0.05) is 12.1 Å². The predicted molar refractivity (Wildman–Crippen MR) is 90.2 cm³/mol. The van der Waals surface area contributed by atoms with Crippen molar-refractivity contribution in [3.05, 3.63) is 35.0 Å². The molecular weight excluding hydrogens is 312 g/mol. The van der Waals surface area contributed by atoms with Crippen molar-refractivity contribution in [1.29, 1.82) is 0 Å². The van der Waals surface area contributed by atoms with Crippen molar-refractivity contribution in [3.63, 3.8) is 0 Å². The van der Waals surface area contributed by atoms with E-state index < -0.39 is 10.1 Å². The van der Waals surface area contributed by atoms with Crippen LogP contribution in [-0.2, 0) is 20.7 Å². The van der Waals surface area contributed by atoms with Gasteiger partial charge in [0.2, 0.25) is 0 Å². The minimum absolute atomic E-state index is 0.225. The van der Waals surface area contributed by atoms with Gasteiger partial charge >= 0.3 is 0 Å². The fourth-order valence-electron chi connectivity index (χ4n) is 4.23. The van der Waals surface area contributed by atoms with E-state index >= 15 is 0 Å². The molecular formula is C17H22N2O3S. The molecule has 6 heteroatoms. The van der Waals surface area contributed by atoms with Crippen LogP contribution in [0.25, 0.3) is 10.9 Å². The molecule has 1 aromatic heterocycles. The molecule has 5 nitrogen and oxygen atoms in total. The van der Waals surface area contributed by atoms with Crippen LogP contribution in [0.4, 0.5) is 0 Å². The summed E-state index contributed by atoms with van der Waals surface area (Å²) in [6.45, 7) is 3.22. The van der Waals surface area contributed by atoms with Gasteiger partial charge in [0, 0.05) is 35.1 Å². The lowest BCUT2D eigenvalue weighted by atomic mass is 9.73. The molecule has 0 saturated carbocycles. The van der Waals surface area contributed by atoms with Crippen molar-refractivity contribution in [2.75, 3.05) is 19.4 Å². The molecule has 4 rings (SSSR count). The third kappa shape index (κ3) is 2.69. The molecule has 0 bridgehead atoms. The topological polar surface area (TPSA) is 71.2 Å². The zero-order valence-corrected chi connectivity index (χ0v) is 14.2. The van der Waals surface area contributed by atoms with E-state index in [9.17, 15) is 8.42 Å². The summed E-state index contributed by atoms with van der Waals surface area (Å²) < 4.78 is 27.5. The summed E-state index contributed by atoms with van der Waals surface area (Å²) in [4.78, 5) is 3.49. The summed E-state index contributed by atoms with van der Waals surface area (Å²) in [6.07, 6.45) is 3.12. The Balaban J connectivity index is 1.65. The SMILES string of the molecule is Cc1[nH]c2cccc3c2c1C[C@H]1NC[C@H](COS(C)(=O)=O)CC31. The Hall–Kier alpha value is -1.37. The highest BCUT2D eigenvalue weighted by molar-refractivity contribution is 7.85. The van der Waals surface area contributed by atoms with Gasteiger partial charge in [-0.05, 0) is 42.9 Å². The van der Waals surface area contributed by atoms with Crippen molar-refractivity contribution in [2.45, 2.75) is 31.7 Å². The maximum Gasteiger partial charge on any atom is 0.264 e. The van der Waals surface area contributed by atoms with Crippen molar-refractivity contribution >= 4 is 21.0 Å². The van der Waals surface area contributed by atoms with Crippen LogP contribution in [0.15, 0.2) is 18.2 Å². The zero-order chi connectivity index (χ0) is 16.2. The number of aromatic amines is 1. The highest BCUT2D eigenvalue weighted by Gasteiger charge is 2.37. The average molecular weight is 334 g/mol. The van der Waals surface area contributed by atoms with E-state index in [1.54, 1.807) is 0 Å². The van der Waals surface area contributed by atoms with E-state index in [0.29, 0.717) is 12.0 Å². The van der Waals surface area contributed by atoms with Crippen molar-refractivity contribution in [1.82, 2.24) is 10.3 Å². The number of nitrogens with one attached hydrogen (secondary N) is 2. The van der Waals surface area contributed by atoms with Gasteiger partial charge in [-0.3, -0.25) is 4.18 Å². The Labute approximate surface area is 136 Å². The number of hydrogen-bond donors (Lipinski definition) is 2. The number of aromatic nitrogens is 1. The summed E-state index contributed by atoms with van der Waals surface area (Å²) in [5.41, 5.74) is 5.28. The van der Waals surface area contributed by atoms with Crippen LogP contribution >= 0.6 is 0 Å². The summed E-state index contributed by atoms with van der Waals surface area (Å²) in [5, 5.41) is 4.99. The van der Waals surface area contributed by atoms with Gasteiger partial charge in [0.05, 0.1) is 12.9 Å². The van der Waals surface area contributed by atoms with E-state index in [0.717, 1.165) is 25.6 Å². The summed E-state index contributed by atoms with van der Waals surface area (Å²) in [5.74, 6) is 0.645. The largest absolute Gasteiger partial charge is 0.358 e. The molecule has 2 aliphatic rings. The molecule has 3 atom stereocenters. The first-order chi connectivity index (χ1) is 10.9. The molecule has 23 heavy (non-hydrogen) atoms. The molecule has 2 aromatic rings. The molecule has 1 saturated heterocycles. The highest BCUT2D eigenvalue weighted by atomic mass is 32.2. The molecule has 1 fully saturated rings. The first kappa shape index (κ1) is 15.2. The van der Waals surface area contributed by atoms with Crippen LogP contribution in [0.3, 0.4) is 0 Å².